The van der Waals surface area contributed by atoms with Gasteiger partial charge in [0.05, 0.1) is 10.9 Å². The van der Waals surface area contributed by atoms with Crippen LogP contribution < -0.4 is 10.4 Å². The minimum Gasteiger partial charge on any atom is -0.506 e. The number of hydrogen-bond acceptors (Lipinski definition) is 5. The lowest BCUT2D eigenvalue weighted by molar-refractivity contribution is 0.101. The van der Waals surface area contributed by atoms with E-state index in [0.29, 0.717) is 23.1 Å². The average molecular weight is 328 g/mol. The monoisotopic (exact) mass is 328 g/mol. The number of hydrogen-bond donors (Lipinski definition) is 1. The lowest BCUT2D eigenvalue weighted by Crippen LogP contribution is -2.28. The molecule has 3 rings (SSSR count). The Labute approximate surface area is 139 Å². The Bertz CT molecular complexity index is 931. The van der Waals surface area contributed by atoms with Crippen LogP contribution in [0.1, 0.15) is 55.6 Å². The Morgan fingerprint density at radius 3 is 2.67 bits per heavy atom. The average Bonchev–Trinajstić information content (AvgIpc) is 2.45. The van der Waals surface area contributed by atoms with Crippen molar-refractivity contribution >= 4 is 22.8 Å². The number of ketones is 1. The molecule has 5 nitrogen and oxygen atoms in total. The third-order valence-electron chi connectivity index (χ3n) is 4.12. The number of aromatic hydroxyl groups is 1. The molecule has 24 heavy (non-hydrogen) atoms. The molecule has 0 spiro atoms. The molecule has 0 atom stereocenters. The van der Waals surface area contributed by atoms with E-state index < -0.39 is 11.2 Å². The van der Waals surface area contributed by atoms with Gasteiger partial charge in [-0.1, -0.05) is 13.3 Å². The summed E-state index contributed by atoms with van der Waals surface area (Å²) in [6.07, 6.45) is 5.04. The summed E-state index contributed by atoms with van der Waals surface area (Å²) < 4.78 is 11.4. The van der Waals surface area contributed by atoms with E-state index in [1.165, 1.54) is 13.0 Å². The third kappa shape index (κ3) is 2.50. The van der Waals surface area contributed by atoms with Crippen LogP contribution in [0.2, 0.25) is 0 Å². The molecule has 5 heteroatoms. The van der Waals surface area contributed by atoms with Crippen LogP contribution in [0.5, 0.6) is 11.5 Å². The van der Waals surface area contributed by atoms with Crippen molar-refractivity contribution in [2.45, 2.75) is 46.1 Å². The predicted octanol–water partition coefficient (Wildman–Crippen LogP) is 3.84. The molecule has 1 aromatic carbocycles. The molecule has 0 radical (unpaired) electrons. The van der Waals surface area contributed by atoms with Crippen molar-refractivity contribution in [2.24, 2.45) is 0 Å². The normalized spacial score (nSPS) is 15.2. The molecule has 2 aromatic rings. The van der Waals surface area contributed by atoms with Gasteiger partial charge in [-0.15, -0.1) is 0 Å². The van der Waals surface area contributed by atoms with Crippen LogP contribution in [-0.4, -0.2) is 16.5 Å². The van der Waals surface area contributed by atoms with E-state index in [2.05, 4.69) is 0 Å². The highest BCUT2D eigenvalue weighted by Gasteiger charge is 2.31. The molecule has 0 aliphatic carbocycles. The van der Waals surface area contributed by atoms with Crippen molar-refractivity contribution in [1.29, 1.82) is 0 Å². The summed E-state index contributed by atoms with van der Waals surface area (Å²) in [5.74, 6) is -0.129. The third-order valence-corrected chi connectivity index (χ3v) is 4.12. The second kappa shape index (κ2) is 5.51. The Balaban J connectivity index is 2.54. The summed E-state index contributed by atoms with van der Waals surface area (Å²) in [5.41, 5.74) is 0.210. The molecular weight excluding hydrogens is 308 g/mol. The van der Waals surface area contributed by atoms with Gasteiger partial charge in [0.25, 0.3) is 0 Å². The Kier molecular flexibility index (Phi) is 3.74. The van der Waals surface area contributed by atoms with Gasteiger partial charge in [0.2, 0.25) is 0 Å². The van der Waals surface area contributed by atoms with Gasteiger partial charge in [0.1, 0.15) is 22.7 Å². The molecule has 0 saturated heterocycles. The molecule has 2 heterocycles. The highest BCUT2D eigenvalue weighted by atomic mass is 16.5. The summed E-state index contributed by atoms with van der Waals surface area (Å²) in [6.45, 7) is 7.13. The number of phenolic OH excluding ortho intramolecular Hbond substituents is 1. The van der Waals surface area contributed by atoms with E-state index in [9.17, 15) is 14.7 Å². The fraction of sp³-hybridized carbons (Fsp3) is 0.368. The molecule has 0 fully saturated rings. The lowest BCUT2D eigenvalue weighted by atomic mass is 9.92. The topological polar surface area (TPSA) is 76.7 Å². The van der Waals surface area contributed by atoms with Gasteiger partial charge in [-0.3, -0.25) is 4.79 Å². The van der Waals surface area contributed by atoms with Gasteiger partial charge >= 0.3 is 5.63 Å². The predicted molar refractivity (Wildman–Crippen MR) is 91.9 cm³/mol. The molecule has 1 aromatic heterocycles. The van der Waals surface area contributed by atoms with Crippen molar-refractivity contribution in [3.8, 4) is 11.5 Å². The van der Waals surface area contributed by atoms with Gasteiger partial charge in [0.15, 0.2) is 11.4 Å². The smallest absolute Gasteiger partial charge is 0.336 e. The number of Topliss-reactive ketones (excluding diaryl/α,β-unsaturated/α-hetero) is 1. The Morgan fingerprint density at radius 2 is 2.04 bits per heavy atom. The van der Waals surface area contributed by atoms with E-state index >= 15 is 0 Å². The summed E-state index contributed by atoms with van der Waals surface area (Å²) >= 11 is 0. The number of carbonyl (C=O) groups excluding carboxylic acids is 1. The zero-order valence-corrected chi connectivity index (χ0v) is 14.2. The van der Waals surface area contributed by atoms with Crippen LogP contribution in [-0.2, 0) is 6.42 Å². The highest BCUT2D eigenvalue weighted by molar-refractivity contribution is 6.11. The van der Waals surface area contributed by atoms with E-state index in [4.69, 9.17) is 9.15 Å². The van der Waals surface area contributed by atoms with Crippen LogP contribution in [0.4, 0.5) is 0 Å². The number of ether oxygens (including phenoxy) is 1. The van der Waals surface area contributed by atoms with Gasteiger partial charge in [0, 0.05) is 6.07 Å². The zero-order chi connectivity index (χ0) is 17.6. The molecule has 0 amide bonds. The molecule has 1 N–H and O–H groups in total. The molecule has 1 aliphatic rings. The molecular formula is C19H20O5. The SMILES string of the molecule is CCCc1cc(=O)oc2c(C(C)=O)c(O)c3c(c12)OC(C)(C)C=C3. The summed E-state index contributed by atoms with van der Waals surface area (Å²) in [7, 11) is 0. The van der Waals surface area contributed by atoms with Gasteiger partial charge in [-0.2, -0.15) is 0 Å². The van der Waals surface area contributed by atoms with Gasteiger partial charge < -0.3 is 14.3 Å². The quantitative estimate of drug-likeness (QED) is 0.684. The van der Waals surface area contributed by atoms with Crippen LogP contribution in [0, 0.1) is 0 Å². The number of rotatable bonds is 3. The largest absolute Gasteiger partial charge is 0.506 e. The van der Waals surface area contributed by atoms with Crippen molar-refractivity contribution in [1.82, 2.24) is 0 Å². The van der Waals surface area contributed by atoms with Crippen molar-refractivity contribution in [3.05, 3.63) is 39.3 Å². The lowest BCUT2D eigenvalue weighted by Gasteiger charge is -2.30. The fourth-order valence-electron chi connectivity index (χ4n) is 3.09. The van der Waals surface area contributed by atoms with Gasteiger partial charge in [-0.05, 0) is 44.9 Å². The Morgan fingerprint density at radius 1 is 1.33 bits per heavy atom. The maximum absolute atomic E-state index is 12.1. The molecule has 0 unspecified atom stereocenters. The molecule has 126 valence electrons. The Hall–Kier alpha value is -2.56. The fourth-order valence-corrected chi connectivity index (χ4v) is 3.09. The zero-order valence-electron chi connectivity index (χ0n) is 14.2. The minimum atomic E-state index is -0.566. The number of fused-ring (bicyclic) bond motifs is 3. The summed E-state index contributed by atoms with van der Waals surface area (Å²) in [4.78, 5) is 24.0. The van der Waals surface area contributed by atoms with Gasteiger partial charge in [-0.25, -0.2) is 4.79 Å². The van der Waals surface area contributed by atoms with Crippen molar-refractivity contribution in [3.63, 3.8) is 0 Å². The number of carbonyl (C=O) groups is 1. The number of aryl methyl sites for hydroxylation is 1. The molecule has 0 saturated carbocycles. The standard InChI is InChI=1S/C19H20O5/c1-5-6-11-9-13(21)23-18-14(10(2)20)16(22)12-7-8-19(3,4)24-17(12)15(11)18/h7-9,22H,5-6H2,1-4H3. The first-order valence-corrected chi connectivity index (χ1v) is 8.00. The van der Waals surface area contributed by atoms with E-state index in [0.717, 1.165) is 12.0 Å². The highest BCUT2D eigenvalue weighted by Crippen LogP contribution is 2.46. The van der Waals surface area contributed by atoms with E-state index in [-0.39, 0.29) is 22.7 Å². The maximum atomic E-state index is 12.1. The maximum Gasteiger partial charge on any atom is 0.336 e. The van der Waals surface area contributed by atoms with E-state index in [1.54, 1.807) is 6.08 Å². The number of phenols is 1. The first-order valence-electron chi connectivity index (χ1n) is 8.00. The minimum absolute atomic E-state index is 0.0201. The second-order valence-electron chi connectivity index (χ2n) is 6.61. The van der Waals surface area contributed by atoms with Crippen molar-refractivity contribution in [2.75, 3.05) is 0 Å². The second-order valence-corrected chi connectivity index (χ2v) is 6.61. The van der Waals surface area contributed by atoms with Crippen LogP contribution in [0.15, 0.2) is 21.4 Å². The summed E-state index contributed by atoms with van der Waals surface area (Å²) in [6, 6.07) is 1.43. The molecule has 0 bridgehead atoms. The van der Waals surface area contributed by atoms with Crippen LogP contribution in [0.3, 0.4) is 0 Å². The molecule has 1 aliphatic heterocycles. The first-order chi connectivity index (χ1) is 11.2. The first kappa shape index (κ1) is 16.3. The summed E-state index contributed by atoms with van der Waals surface area (Å²) in [5, 5.41) is 11.2. The van der Waals surface area contributed by atoms with Crippen LogP contribution >= 0.6 is 0 Å². The van der Waals surface area contributed by atoms with Crippen molar-refractivity contribution < 1.29 is 19.1 Å². The van der Waals surface area contributed by atoms with Crippen LogP contribution in [0.25, 0.3) is 17.0 Å². The number of benzene rings is 1. The van der Waals surface area contributed by atoms with E-state index in [1.807, 2.05) is 26.8 Å².